The van der Waals surface area contributed by atoms with Crippen LogP contribution in [0.2, 0.25) is 15.1 Å². The topological polar surface area (TPSA) is 96.4 Å². The lowest BCUT2D eigenvalue weighted by Crippen LogP contribution is -2.36. The number of esters is 1. The van der Waals surface area contributed by atoms with E-state index in [1.54, 1.807) is 50.2 Å². The maximum atomic E-state index is 10.5. The van der Waals surface area contributed by atoms with Gasteiger partial charge in [-0.25, -0.2) is 0 Å². The van der Waals surface area contributed by atoms with Crippen molar-refractivity contribution in [1.82, 2.24) is 9.97 Å². The predicted octanol–water partition coefficient (Wildman–Crippen LogP) is 5.12. The second-order valence-electron chi connectivity index (χ2n) is 7.04. The first-order valence-corrected chi connectivity index (χ1v) is 10.9. The first-order chi connectivity index (χ1) is 15.4. The van der Waals surface area contributed by atoms with E-state index in [0.717, 1.165) is 27.5 Å². The Bertz CT molecular complexity index is 1030. The van der Waals surface area contributed by atoms with E-state index in [-0.39, 0.29) is 19.2 Å². The molecular formula is C23H27Cl3N3O4+. The van der Waals surface area contributed by atoms with Crippen molar-refractivity contribution in [3.63, 3.8) is 0 Å². The molecule has 0 amide bonds. The molecule has 178 valence electrons. The van der Waals surface area contributed by atoms with Crippen LogP contribution < -0.4 is 4.73 Å². The van der Waals surface area contributed by atoms with Crippen molar-refractivity contribution in [2.24, 2.45) is 0 Å². The minimum atomic E-state index is -0.320. The van der Waals surface area contributed by atoms with Crippen molar-refractivity contribution in [3.05, 3.63) is 85.6 Å². The number of aryl methyl sites for hydroxylation is 4. The summed E-state index contributed by atoms with van der Waals surface area (Å²) in [5.74, 6) is -0.320. The number of pyridine rings is 3. The van der Waals surface area contributed by atoms with E-state index in [1.807, 2.05) is 13.8 Å². The average Bonchev–Trinajstić information content (AvgIpc) is 2.70. The third-order valence-corrected chi connectivity index (χ3v) is 4.54. The van der Waals surface area contributed by atoms with Crippen molar-refractivity contribution >= 4 is 40.8 Å². The monoisotopic (exact) mass is 514 g/mol. The molecule has 3 aromatic rings. The largest absolute Gasteiger partial charge is 0.459 e. The molecule has 3 rings (SSSR count). The van der Waals surface area contributed by atoms with Gasteiger partial charge in [-0.1, -0.05) is 34.8 Å². The van der Waals surface area contributed by atoms with Crippen LogP contribution in [0.25, 0.3) is 0 Å². The Morgan fingerprint density at radius 1 is 0.848 bits per heavy atom. The number of carbonyl (C=O) groups excluding carboxylic acids is 1. The Hall–Kier alpha value is -2.45. The molecule has 3 heterocycles. The molecule has 0 unspecified atom stereocenters. The van der Waals surface area contributed by atoms with Gasteiger partial charge >= 0.3 is 5.97 Å². The van der Waals surface area contributed by atoms with Crippen LogP contribution in [0.4, 0.5) is 0 Å². The molecule has 0 aromatic carbocycles. The molecule has 0 aliphatic carbocycles. The van der Waals surface area contributed by atoms with E-state index in [1.165, 1.54) is 6.92 Å². The molecule has 0 atom stereocenters. The molecule has 0 fully saturated rings. The fraction of sp³-hybridized carbons (Fsp3) is 0.304. The number of aliphatic hydroxyl groups is 1. The zero-order valence-electron chi connectivity index (χ0n) is 19.1. The SMILES string of the molecule is CC(=O)OCc1cc(Cl)cc(C)n1.Cc1cc(Cl)cc(C)[n+]1O.Cc1cc(Cl)cc(CO)n1. The van der Waals surface area contributed by atoms with E-state index >= 15 is 0 Å². The summed E-state index contributed by atoms with van der Waals surface area (Å²) in [5.41, 5.74) is 4.41. The Balaban J connectivity index is 0.000000251. The third kappa shape index (κ3) is 11.3. The molecule has 0 spiro atoms. The summed E-state index contributed by atoms with van der Waals surface area (Å²) in [6.07, 6.45) is 0. The van der Waals surface area contributed by atoms with E-state index in [9.17, 15) is 10.0 Å². The van der Waals surface area contributed by atoms with E-state index in [2.05, 4.69) is 9.97 Å². The van der Waals surface area contributed by atoms with Gasteiger partial charge in [0.05, 0.1) is 23.0 Å². The predicted molar refractivity (Wildman–Crippen MR) is 128 cm³/mol. The summed E-state index contributed by atoms with van der Waals surface area (Å²) in [4.78, 5) is 18.7. The van der Waals surface area contributed by atoms with Crippen molar-refractivity contribution < 1.29 is 24.6 Å². The molecular weight excluding hydrogens is 489 g/mol. The van der Waals surface area contributed by atoms with Gasteiger partial charge in [0.2, 0.25) is 11.4 Å². The van der Waals surface area contributed by atoms with E-state index < -0.39 is 0 Å². The Labute approximate surface area is 208 Å². The van der Waals surface area contributed by atoms with Crippen LogP contribution in [-0.4, -0.2) is 26.3 Å². The number of halogens is 3. The highest BCUT2D eigenvalue weighted by atomic mass is 35.5. The molecule has 0 aliphatic rings. The summed E-state index contributed by atoms with van der Waals surface area (Å²) in [7, 11) is 0. The van der Waals surface area contributed by atoms with Crippen LogP contribution in [0.5, 0.6) is 0 Å². The van der Waals surface area contributed by atoms with Crippen molar-refractivity contribution in [2.75, 3.05) is 0 Å². The van der Waals surface area contributed by atoms with Gasteiger partial charge in [0.1, 0.15) is 6.61 Å². The second kappa shape index (κ2) is 14.0. The minimum absolute atomic E-state index is 0.0542. The molecule has 10 heteroatoms. The fourth-order valence-corrected chi connectivity index (χ4v) is 3.44. The van der Waals surface area contributed by atoms with Crippen LogP contribution in [0.3, 0.4) is 0 Å². The summed E-state index contributed by atoms with van der Waals surface area (Å²) >= 11 is 17.2. The summed E-state index contributed by atoms with van der Waals surface area (Å²) in [5, 5.41) is 19.7. The fourth-order valence-electron chi connectivity index (χ4n) is 2.55. The molecule has 2 N–H and O–H groups in total. The number of nitrogens with zero attached hydrogens (tertiary/aromatic N) is 3. The lowest BCUT2D eigenvalue weighted by atomic mass is 10.3. The maximum Gasteiger partial charge on any atom is 0.303 e. The van der Waals surface area contributed by atoms with Gasteiger partial charge in [-0.2, -0.15) is 0 Å². The van der Waals surface area contributed by atoms with Crippen LogP contribution in [0, 0.1) is 27.7 Å². The molecule has 0 saturated carbocycles. The molecule has 0 saturated heterocycles. The first-order valence-electron chi connectivity index (χ1n) is 9.79. The van der Waals surface area contributed by atoms with Crippen LogP contribution >= 0.6 is 34.8 Å². The molecule has 0 radical (unpaired) electrons. The third-order valence-electron chi connectivity index (χ3n) is 3.89. The summed E-state index contributed by atoms with van der Waals surface area (Å²) in [6, 6.07) is 10.2. The van der Waals surface area contributed by atoms with Gasteiger partial charge in [0, 0.05) is 59.1 Å². The van der Waals surface area contributed by atoms with Crippen LogP contribution in [0.1, 0.15) is 41.1 Å². The van der Waals surface area contributed by atoms with Gasteiger partial charge in [-0.3, -0.25) is 20.0 Å². The highest BCUT2D eigenvalue weighted by Crippen LogP contribution is 2.12. The standard InChI is InChI=1S/C9H10ClNO2.C7H9ClNO.C7H8ClNO/c1-6-3-8(10)4-9(11-6)5-13-7(2)12;1-5-3-7(8)4-6(2)9(5)10;1-5-2-6(8)3-7(4-10)9-5/h3-4H,5H2,1-2H3;3-4,10H,1-2H3;2-3,10H,4H2,1H3/q;+1;. The minimum Gasteiger partial charge on any atom is -0.459 e. The smallest absolute Gasteiger partial charge is 0.303 e. The zero-order chi connectivity index (χ0) is 25.1. The lowest BCUT2D eigenvalue weighted by molar-refractivity contribution is -0.912. The number of hydrogen-bond donors (Lipinski definition) is 2. The number of rotatable bonds is 3. The van der Waals surface area contributed by atoms with Gasteiger partial charge in [-0.15, -0.1) is 0 Å². The number of aliphatic hydroxyl groups excluding tert-OH is 1. The highest BCUT2D eigenvalue weighted by molar-refractivity contribution is 6.31. The molecule has 0 aliphatic heterocycles. The summed E-state index contributed by atoms with van der Waals surface area (Å²) < 4.78 is 5.88. The first kappa shape index (κ1) is 28.6. The van der Waals surface area contributed by atoms with Crippen molar-refractivity contribution in [2.45, 2.75) is 47.8 Å². The van der Waals surface area contributed by atoms with Crippen molar-refractivity contribution in [3.8, 4) is 0 Å². The number of carbonyl (C=O) groups is 1. The maximum absolute atomic E-state index is 10.5. The van der Waals surface area contributed by atoms with Crippen LogP contribution in [0.15, 0.2) is 36.4 Å². The Morgan fingerprint density at radius 2 is 1.27 bits per heavy atom. The Kier molecular flexibility index (Phi) is 12.1. The average molecular weight is 516 g/mol. The highest BCUT2D eigenvalue weighted by Gasteiger charge is 2.09. The molecule has 0 bridgehead atoms. The van der Waals surface area contributed by atoms with Gasteiger partial charge in [0.25, 0.3) is 0 Å². The van der Waals surface area contributed by atoms with Crippen LogP contribution in [-0.2, 0) is 22.7 Å². The van der Waals surface area contributed by atoms with Crippen molar-refractivity contribution in [1.29, 1.82) is 0 Å². The normalized spacial score (nSPS) is 9.85. The van der Waals surface area contributed by atoms with E-state index in [4.69, 9.17) is 44.6 Å². The summed E-state index contributed by atoms with van der Waals surface area (Å²) in [6.45, 7) is 8.74. The van der Waals surface area contributed by atoms with Gasteiger partial charge < -0.3 is 9.84 Å². The number of ether oxygens (including phenoxy) is 1. The van der Waals surface area contributed by atoms with Gasteiger partial charge in [-0.05, 0) is 38.1 Å². The van der Waals surface area contributed by atoms with E-state index in [0.29, 0.717) is 26.5 Å². The quantitative estimate of drug-likeness (QED) is 0.285. The second-order valence-corrected chi connectivity index (χ2v) is 8.35. The number of hydrogen-bond acceptors (Lipinski definition) is 6. The molecule has 3 aromatic heterocycles. The molecule has 33 heavy (non-hydrogen) atoms. The zero-order valence-corrected chi connectivity index (χ0v) is 21.3. The van der Waals surface area contributed by atoms with Gasteiger partial charge in [0.15, 0.2) is 0 Å². The number of aromatic nitrogens is 3. The molecule has 7 nitrogen and oxygen atoms in total. The Morgan fingerprint density at radius 3 is 1.70 bits per heavy atom. The lowest BCUT2D eigenvalue weighted by Gasteiger charge is -2.02.